The molecule has 0 heterocycles. The summed E-state index contributed by atoms with van der Waals surface area (Å²) in [6, 6.07) is 7.96. The van der Waals surface area contributed by atoms with Gasteiger partial charge in [0.2, 0.25) is 0 Å². The van der Waals surface area contributed by atoms with Crippen molar-refractivity contribution in [3.8, 4) is 0 Å². The van der Waals surface area contributed by atoms with Crippen LogP contribution in [0, 0.1) is 5.92 Å². The Hall–Kier alpha value is -0.760. The normalized spacial score (nSPS) is 16.1. The smallest absolute Gasteiger partial charge is 0.159 e. The number of rotatable bonds is 4. The molecule has 0 saturated heterocycles. The topological polar surface area (TPSA) is 17.1 Å². The highest BCUT2D eigenvalue weighted by Gasteiger charge is 2.17. The highest BCUT2D eigenvalue weighted by molar-refractivity contribution is 7.99. The number of carbonyl (C=O) groups excluding carboxylic acids is 1. The van der Waals surface area contributed by atoms with Gasteiger partial charge in [-0.25, -0.2) is 0 Å². The standard InChI is InChI=1S/C13H16OS/c1-10(14)12-6-3-7-13(8-12)15-9-11-4-2-5-11/h3,6-8,11H,2,4-5,9H2,1H3. The summed E-state index contributed by atoms with van der Waals surface area (Å²) in [5, 5.41) is 0. The van der Waals surface area contributed by atoms with E-state index in [1.54, 1.807) is 6.92 Å². The first-order chi connectivity index (χ1) is 7.25. The van der Waals surface area contributed by atoms with E-state index in [1.165, 1.54) is 29.9 Å². The van der Waals surface area contributed by atoms with E-state index >= 15 is 0 Å². The fourth-order valence-corrected chi connectivity index (χ4v) is 2.82. The summed E-state index contributed by atoms with van der Waals surface area (Å²) in [6.45, 7) is 1.62. The molecule has 1 nitrogen and oxygen atoms in total. The molecule has 0 atom stereocenters. The average Bonchev–Trinajstić information content (AvgIpc) is 2.16. The molecule has 1 aromatic rings. The molecule has 0 amide bonds. The molecule has 1 saturated carbocycles. The molecule has 15 heavy (non-hydrogen) atoms. The summed E-state index contributed by atoms with van der Waals surface area (Å²) in [6.07, 6.45) is 4.18. The van der Waals surface area contributed by atoms with Gasteiger partial charge in [-0.3, -0.25) is 4.79 Å². The number of hydrogen-bond donors (Lipinski definition) is 0. The first-order valence-corrected chi connectivity index (χ1v) is 6.48. The lowest BCUT2D eigenvalue weighted by molar-refractivity contribution is 0.101. The summed E-state index contributed by atoms with van der Waals surface area (Å²) in [4.78, 5) is 12.4. The number of thioether (sulfide) groups is 1. The van der Waals surface area contributed by atoms with Gasteiger partial charge in [0.1, 0.15) is 0 Å². The third-order valence-corrected chi connectivity index (χ3v) is 4.18. The van der Waals surface area contributed by atoms with Gasteiger partial charge in [0, 0.05) is 16.2 Å². The summed E-state index contributed by atoms with van der Waals surface area (Å²) in [7, 11) is 0. The molecule has 0 aliphatic heterocycles. The second kappa shape index (κ2) is 4.84. The Labute approximate surface area is 95.3 Å². The Morgan fingerprint density at radius 3 is 2.87 bits per heavy atom. The number of carbonyl (C=O) groups is 1. The predicted molar refractivity (Wildman–Crippen MR) is 64.5 cm³/mol. The summed E-state index contributed by atoms with van der Waals surface area (Å²) in [5.74, 6) is 2.28. The second-order valence-corrected chi connectivity index (χ2v) is 5.29. The lowest BCUT2D eigenvalue weighted by atomic mass is 9.87. The predicted octanol–water partition coefficient (Wildman–Crippen LogP) is 3.78. The van der Waals surface area contributed by atoms with Gasteiger partial charge in [0.25, 0.3) is 0 Å². The average molecular weight is 220 g/mol. The largest absolute Gasteiger partial charge is 0.295 e. The SMILES string of the molecule is CC(=O)c1cccc(SCC2CCC2)c1. The highest BCUT2D eigenvalue weighted by Crippen LogP contribution is 2.32. The van der Waals surface area contributed by atoms with E-state index in [-0.39, 0.29) is 5.78 Å². The van der Waals surface area contributed by atoms with Crippen LogP contribution in [0.3, 0.4) is 0 Å². The van der Waals surface area contributed by atoms with Crippen LogP contribution in [0.1, 0.15) is 36.5 Å². The van der Waals surface area contributed by atoms with Gasteiger partial charge < -0.3 is 0 Å². The molecule has 0 aromatic heterocycles. The van der Waals surface area contributed by atoms with E-state index in [2.05, 4.69) is 6.07 Å². The van der Waals surface area contributed by atoms with Gasteiger partial charge in [0.05, 0.1) is 0 Å². The van der Waals surface area contributed by atoms with Crippen LogP contribution >= 0.6 is 11.8 Å². The Morgan fingerprint density at radius 2 is 2.27 bits per heavy atom. The van der Waals surface area contributed by atoms with Crippen molar-refractivity contribution in [2.24, 2.45) is 5.92 Å². The minimum Gasteiger partial charge on any atom is -0.295 e. The van der Waals surface area contributed by atoms with Gasteiger partial charge in [-0.2, -0.15) is 0 Å². The van der Waals surface area contributed by atoms with E-state index in [0.29, 0.717) is 0 Å². The molecule has 0 radical (unpaired) electrons. The van der Waals surface area contributed by atoms with Crippen LogP contribution in [0.25, 0.3) is 0 Å². The van der Waals surface area contributed by atoms with E-state index in [0.717, 1.165) is 11.5 Å². The Morgan fingerprint density at radius 1 is 1.47 bits per heavy atom. The van der Waals surface area contributed by atoms with Crippen molar-refractivity contribution in [1.82, 2.24) is 0 Å². The fraction of sp³-hybridized carbons (Fsp3) is 0.462. The molecule has 0 spiro atoms. The van der Waals surface area contributed by atoms with E-state index in [1.807, 2.05) is 30.0 Å². The maximum Gasteiger partial charge on any atom is 0.159 e. The second-order valence-electron chi connectivity index (χ2n) is 4.19. The molecule has 0 N–H and O–H groups in total. The van der Waals surface area contributed by atoms with Crippen molar-refractivity contribution in [3.05, 3.63) is 29.8 Å². The quantitative estimate of drug-likeness (QED) is 0.567. The molecular weight excluding hydrogens is 204 g/mol. The van der Waals surface area contributed by atoms with Crippen molar-refractivity contribution in [3.63, 3.8) is 0 Å². The zero-order valence-electron chi connectivity index (χ0n) is 9.03. The van der Waals surface area contributed by atoms with E-state index in [9.17, 15) is 4.79 Å². The molecule has 2 heteroatoms. The van der Waals surface area contributed by atoms with Crippen LogP contribution in [-0.4, -0.2) is 11.5 Å². The number of benzene rings is 1. The van der Waals surface area contributed by atoms with Crippen LogP contribution in [0.5, 0.6) is 0 Å². The van der Waals surface area contributed by atoms with Crippen molar-refractivity contribution in [2.45, 2.75) is 31.1 Å². The lowest BCUT2D eigenvalue weighted by Crippen LogP contribution is -2.13. The molecule has 1 aromatic carbocycles. The number of Topliss-reactive ketones (excluding diaryl/α,β-unsaturated/α-hetero) is 1. The van der Waals surface area contributed by atoms with Gasteiger partial charge in [-0.05, 0) is 37.8 Å². The monoisotopic (exact) mass is 220 g/mol. The van der Waals surface area contributed by atoms with Crippen LogP contribution in [-0.2, 0) is 0 Å². The molecular formula is C13H16OS. The molecule has 1 fully saturated rings. The van der Waals surface area contributed by atoms with E-state index < -0.39 is 0 Å². The molecule has 2 rings (SSSR count). The maximum absolute atomic E-state index is 11.2. The summed E-state index contributed by atoms with van der Waals surface area (Å²) in [5.41, 5.74) is 0.827. The summed E-state index contributed by atoms with van der Waals surface area (Å²) >= 11 is 1.88. The molecule has 1 aliphatic carbocycles. The summed E-state index contributed by atoms with van der Waals surface area (Å²) < 4.78 is 0. The van der Waals surface area contributed by atoms with Crippen molar-refractivity contribution in [1.29, 1.82) is 0 Å². The van der Waals surface area contributed by atoms with Crippen molar-refractivity contribution < 1.29 is 4.79 Å². The van der Waals surface area contributed by atoms with Crippen molar-refractivity contribution >= 4 is 17.5 Å². The highest BCUT2D eigenvalue weighted by atomic mass is 32.2. The first kappa shape index (κ1) is 10.7. The van der Waals surface area contributed by atoms with Gasteiger partial charge in [-0.15, -0.1) is 11.8 Å². The Balaban J connectivity index is 1.94. The molecule has 1 aliphatic rings. The van der Waals surface area contributed by atoms with Crippen LogP contribution in [0.15, 0.2) is 29.2 Å². The molecule has 80 valence electrons. The third-order valence-electron chi connectivity index (χ3n) is 2.95. The first-order valence-electron chi connectivity index (χ1n) is 5.49. The zero-order valence-corrected chi connectivity index (χ0v) is 9.85. The van der Waals surface area contributed by atoms with Crippen LogP contribution < -0.4 is 0 Å². The van der Waals surface area contributed by atoms with Crippen LogP contribution in [0.2, 0.25) is 0 Å². The number of hydrogen-bond acceptors (Lipinski definition) is 2. The van der Waals surface area contributed by atoms with Crippen LogP contribution in [0.4, 0.5) is 0 Å². The lowest BCUT2D eigenvalue weighted by Gasteiger charge is -2.24. The maximum atomic E-state index is 11.2. The van der Waals surface area contributed by atoms with E-state index in [4.69, 9.17) is 0 Å². The van der Waals surface area contributed by atoms with Gasteiger partial charge >= 0.3 is 0 Å². The van der Waals surface area contributed by atoms with Gasteiger partial charge in [-0.1, -0.05) is 18.6 Å². The van der Waals surface area contributed by atoms with Crippen molar-refractivity contribution in [2.75, 3.05) is 5.75 Å². The fourth-order valence-electron chi connectivity index (χ4n) is 1.68. The third kappa shape index (κ3) is 2.85. The minimum absolute atomic E-state index is 0.154. The Bertz CT molecular complexity index is 355. The minimum atomic E-state index is 0.154. The van der Waals surface area contributed by atoms with Gasteiger partial charge in [0.15, 0.2) is 5.78 Å². The molecule has 0 unspecified atom stereocenters. The Kier molecular flexibility index (Phi) is 3.47. The zero-order chi connectivity index (χ0) is 10.7. The molecule has 0 bridgehead atoms. The number of ketones is 1.